The molecule has 0 radical (unpaired) electrons. The molecule has 0 aromatic rings. The van der Waals surface area contributed by atoms with E-state index in [-0.39, 0.29) is 5.97 Å². The van der Waals surface area contributed by atoms with E-state index in [1.54, 1.807) is 6.92 Å². The third-order valence-corrected chi connectivity index (χ3v) is 2.09. The predicted octanol–water partition coefficient (Wildman–Crippen LogP) is 1.79. The molecule has 0 heterocycles. The van der Waals surface area contributed by atoms with Crippen LogP contribution in [-0.4, -0.2) is 30.7 Å². The minimum Gasteiger partial charge on any atom is -0.446 e. The van der Waals surface area contributed by atoms with Crippen molar-refractivity contribution in [3.05, 3.63) is 12.2 Å². The molecule has 0 aliphatic heterocycles. The highest BCUT2D eigenvalue weighted by Crippen LogP contribution is 2.01. The number of nitrogens with zero attached hydrogens (tertiary/aromatic N) is 1. The van der Waals surface area contributed by atoms with Crippen molar-refractivity contribution in [2.45, 2.75) is 33.2 Å². The fraction of sp³-hybridized carbons (Fsp3) is 0.700. The fourth-order valence-electron chi connectivity index (χ4n) is 0.723. The summed E-state index contributed by atoms with van der Waals surface area (Å²) in [5.74, 6) is -0.324. The topological polar surface area (TPSA) is 29.5 Å². The Labute approximate surface area is 80.4 Å². The van der Waals surface area contributed by atoms with Crippen LogP contribution in [0.3, 0.4) is 0 Å². The van der Waals surface area contributed by atoms with E-state index in [4.69, 9.17) is 4.74 Å². The van der Waals surface area contributed by atoms with Gasteiger partial charge in [0.1, 0.15) is 6.73 Å². The predicted molar refractivity (Wildman–Crippen MR) is 53.3 cm³/mol. The summed E-state index contributed by atoms with van der Waals surface area (Å²) in [5.41, 5.74) is 0.442. The van der Waals surface area contributed by atoms with Crippen molar-refractivity contribution < 1.29 is 9.53 Å². The molecule has 0 aliphatic carbocycles. The lowest BCUT2D eigenvalue weighted by molar-refractivity contribution is -0.143. The molecule has 0 aromatic heterocycles. The monoisotopic (exact) mass is 185 g/mol. The summed E-state index contributed by atoms with van der Waals surface area (Å²) in [6, 6.07) is 0.429. The zero-order valence-corrected chi connectivity index (χ0v) is 8.96. The molecule has 0 aliphatic rings. The van der Waals surface area contributed by atoms with Gasteiger partial charge >= 0.3 is 5.97 Å². The van der Waals surface area contributed by atoms with Crippen LogP contribution in [0.1, 0.15) is 27.2 Å². The summed E-state index contributed by atoms with van der Waals surface area (Å²) in [6.45, 7) is 9.67. The van der Waals surface area contributed by atoms with E-state index in [1.807, 2.05) is 11.9 Å². The summed E-state index contributed by atoms with van der Waals surface area (Å²) in [5, 5.41) is 0. The average Bonchev–Trinajstić information content (AvgIpc) is 2.11. The Balaban J connectivity index is 3.76. The second-order valence-electron chi connectivity index (χ2n) is 3.36. The molecular formula is C10H19NO2. The molecule has 0 rings (SSSR count). The Morgan fingerprint density at radius 3 is 2.54 bits per heavy atom. The summed E-state index contributed by atoms with van der Waals surface area (Å²) in [4.78, 5) is 13.0. The first-order chi connectivity index (χ1) is 5.99. The third kappa shape index (κ3) is 4.68. The molecule has 0 amide bonds. The average molecular weight is 185 g/mol. The maximum absolute atomic E-state index is 11.0. The van der Waals surface area contributed by atoms with E-state index in [0.29, 0.717) is 18.3 Å². The van der Waals surface area contributed by atoms with Gasteiger partial charge in [0.25, 0.3) is 0 Å². The lowest BCUT2D eigenvalue weighted by atomic mass is 10.2. The second kappa shape index (κ2) is 5.75. The van der Waals surface area contributed by atoms with Crippen LogP contribution in [-0.2, 0) is 9.53 Å². The lowest BCUT2D eigenvalue weighted by Crippen LogP contribution is -2.31. The van der Waals surface area contributed by atoms with Gasteiger partial charge in [-0.3, -0.25) is 4.90 Å². The van der Waals surface area contributed by atoms with E-state index in [9.17, 15) is 4.79 Å². The number of carbonyl (C=O) groups excluding carboxylic acids is 1. The van der Waals surface area contributed by atoms with E-state index >= 15 is 0 Å². The van der Waals surface area contributed by atoms with Crippen LogP contribution < -0.4 is 0 Å². The SMILES string of the molecule is C=C(C)C(=O)OCN(C)C(C)CC. The first kappa shape index (κ1) is 12.2. The summed E-state index contributed by atoms with van der Waals surface area (Å²) < 4.78 is 4.98. The van der Waals surface area contributed by atoms with Crippen molar-refractivity contribution in [3.8, 4) is 0 Å². The molecule has 0 N–H and O–H groups in total. The first-order valence-corrected chi connectivity index (χ1v) is 4.51. The molecule has 1 unspecified atom stereocenters. The zero-order valence-electron chi connectivity index (χ0n) is 8.96. The Hall–Kier alpha value is -0.830. The second-order valence-corrected chi connectivity index (χ2v) is 3.36. The van der Waals surface area contributed by atoms with E-state index in [2.05, 4.69) is 20.4 Å². The van der Waals surface area contributed by atoms with E-state index in [1.165, 1.54) is 0 Å². The highest BCUT2D eigenvalue weighted by Gasteiger charge is 2.09. The van der Waals surface area contributed by atoms with Crippen LogP contribution in [0, 0.1) is 0 Å². The molecule has 0 saturated carbocycles. The highest BCUT2D eigenvalue weighted by atomic mass is 16.5. The lowest BCUT2D eigenvalue weighted by Gasteiger charge is -2.22. The number of hydrogen-bond donors (Lipinski definition) is 0. The smallest absolute Gasteiger partial charge is 0.334 e. The normalized spacial score (nSPS) is 12.7. The van der Waals surface area contributed by atoms with Crippen LogP contribution >= 0.6 is 0 Å². The maximum Gasteiger partial charge on any atom is 0.334 e. The van der Waals surface area contributed by atoms with Gasteiger partial charge in [0.05, 0.1) is 0 Å². The van der Waals surface area contributed by atoms with E-state index < -0.39 is 0 Å². The maximum atomic E-state index is 11.0. The number of ether oxygens (including phenoxy) is 1. The van der Waals surface area contributed by atoms with Crippen molar-refractivity contribution in [1.29, 1.82) is 0 Å². The Morgan fingerprint density at radius 2 is 2.15 bits per heavy atom. The van der Waals surface area contributed by atoms with Gasteiger partial charge in [0.15, 0.2) is 0 Å². The largest absolute Gasteiger partial charge is 0.446 e. The third-order valence-electron chi connectivity index (χ3n) is 2.09. The van der Waals surface area contributed by atoms with Crippen molar-refractivity contribution >= 4 is 5.97 Å². The highest BCUT2D eigenvalue weighted by molar-refractivity contribution is 5.86. The van der Waals surface area contributed by atoms with Gasteiger partial charge in [-0.2, -0.15) is 0 Å². The summed E-state index contributed by atoms with van der Waals surface area (Å²) >= 11 is 0. The van der Waals surface area contributed by atoms with Crippen LogP contribution in [0.2, 0.25) is 0 Å². The fourth-order valence-corrected chi connectivity index (χ4v) is 0.723. The van der Waals surface area contributed by atoms with Crippen LogP contribution in [0.5, 0.6) is 0 Å². The van der Waals surface area contributed by atoms with Gasteiger partial charge in [-0.25, -0.2) is 4.79 Å². The molecule has 1 atom stereocenters. The van der Waals surface area contributed by atoms with Crippen LogP contribution in [0.4, 0.5) is 0 Å². The standard InChI is InChI=1S/C10H19NO2/c1-6-9(4)11(5)7-13-10(12)8(2)3/h9H,2,6-7H2,1,3-5H3. The van der Waals surface area contributed by atoms with Crippen molar-refractivity contribution in [1.82, 2.24) is 4.90 Å². The van der Waals surface area contributed by atoms with E-state index in [0.717, 1.165) is 6.42 Å². The molecule has 13 heavy (non-hydrogen) atoms. The summed E-state index contributed by atoms with van der Waals surface area (Å²) in [7, 11) is 1.93. The molecule has 3 heteroatoms. The van der Waals surface area contributed by atoms with Crippen molar-refractivity contribution in [3.63, 3.8) is 0 Å². The minimum atomic E-state index is -0.324. The van der Waals surface area contributed by atoms with Crippen LogP contribution in [0.15, 0.2) is 12.2 Å². The molecular weight excluding hydrogens is 166 g/mol. The van der Waals surface area contributed by atoms with Crippen LogP contribution in [0.25, 0.3) is 0 Å². The van der Waals surface area contributed by atoms with Gasteiger partial charge in [-0.1, -0.05) is 13.5 Å². The van der Waals surface area contributed by atoms with Gasteiger partial charge in [-0.05, 0) is 27.3 Å². The minimum absolute atomic E-state index is 0.324. The quantitative estimate of drug-likeness (QED) is 0.371. The molecule has 0 aromatic carbocycles. The van der Waals surface area contributed by atoms with Crippen molar-refractivity contribution in [2.75, 3.05) is 13.8 Å². The number of rotatable bonds is 5. The number of carbonyl (C=O) groups is 1. The molecule has 0 saturated heterocycles. The summed E-state index contributed by atoms with van der Waals surface area (Å²) in [6.07, 6.45) is 1.04. The molecule has 76 valence electrons. The van der Waals surface area contributed by atoms with Gasteiger partial charge in [0, 0.05) is 11.6 Å². The number of hydrogen-bond acceptors (Lipinski definition) is 3. The van der Waals surface area contributed by atoms with Crippen molar-refractivity contribution in [2.24, 2.45) is 0 Å². The Bertz CT molecular complexity index is 189. The number of esters is 1. The Kier molecular flexibility index (Phi) is 5.39. The first-order valence-electron chi connectivity index (χ1n) is 4.51. The van der Waals surface area contributed by atoms with Gasteiger partial charge in [-0.15, -0.1) is 0 Å². The van der Waals surface area contributed by atoms with Gasteiger partial charge < -0.3 is 4.74 Å². The molecule has 0 fully saturated rings. The zero-order chi connectivity index (χ0) is 10.4. The molecule has 3 nitrogen and oxygen atoms in total. The molecule has 0 bridgehead atoms. The van der Waals surface area contributed by atoms with Gasteiger partial charge in [0.2, 0.25) is 0 Å². The molecule has 0 spiro atoms. The Morgan fingerprint density at radius 1 is 1.62 bits per heavy atom.